The third-order valence-corrected chi connectivity index (χ3v) is 5.86. The van der Waals surface area contributed by atoms with Crippen molar-refractivity contribution in [1.82, 2.24) is 10.2 Å². The lowest BCUT2D eigenvalue weighted by Crippen LogP contribution is -2.39. The van der Waals surface area contributed by atoms with E-state index in [0.717, 1.165) is 62.2 Å². The molecule has 28 heavy (non-hydrogen) atoms. The summed E-state index contributed by atoms with van der Waals surface area (Å²) in [6, 6.07) is 8.16. The zero-order valence-electron chi connectivity index (χ0n) is 16.1. The molecular weight excluding hydrogens is 487 g/mol. The maximum absolute atomic E-state index is 5.76. The molecule has 2 aliphatic rings. The minimum atomic E-state index is 0. The predicted molar refractivity (Wildman–Crippen MR) is 126 cm³/mol. The smallest absolute Gasteiger partial charge is 0.195 e. The van der Waals surface area contributed by atoms with E-state index >= 15 is 0 Å². The maximum Gasteiger partial charge on any atom is 0.195 e. The lowest BCUT2D eigenvalue weighted by Gasteiger charge is -2.27. The molecule has 8 heteroatoms. The van der Waals surface area contributed by atoms with Crippen LogP contribution in [0.15, 0.2) is 34.6 Å². The second-order valence-corrected chi connectivity index (χ2v) is 7.73. The van der Waals surface area contributed by atoms with Crippen molar-refractivity contribution in [3.8, 4) is 11.5 Å². The zero-order chi connectivity index (χ0) is 18.5. The number of guanidine groups is 1. The lowest BCUT2D eigenvalue weighted by atomic mass is 10.1. The molecule has 0 aliphatic carbocycles. The van der Waals surface area contributed by atoms with Gasteiger partial charge >= 0.3 is 0 Å². The van der Waals surface area contributed by atoms with Gasteiger partial charge in [-0.3, -0.25) is 9.89 Å². The van der Waals surface area contributed by atoms with Gasteiger partial charge in [-0.1, -0.05) is 0 Å². The van der Waals surface area contributed by atoms with E-state index in [9.17, 15) is 0 Å². The van der Waals surface area contributed by atoms with Crippen LogP contribution >= 0.6 is 35.3 Å². The molecule has 6 nitrogen and oxygen atoms in total. The SMILES string of the molecule is CN=C(NCCN1CCc2sccc2C1)Nc1ccc2c(c1)OCCCO2.I. The summed E-state index contributed by atoms with van der Waals surface area (Å²) in [5, 5.41) is 8.94. The number of hydrogen-bond donors (Lipinski definition) is 2. The van der Waals surface area contributed by atoms with E-state index in [1.165, 1.54) is 5.56 Å². The highest BCUT2D eigenvalue weighted by Gasteiger charge is 2.16. The summed E-state index contributed by atoms with van der Waals surface area (Å²) >= 11 is 1.88. The van der Waals surface area contributed by atoms with Crippen molar-refractivity contribution in [3.05, 3.63) is 40.1 Å². The van der Waals surface area contributed by atoms with E-state index in [1.54, 1.807) is 11.9 Å². The van der Waals surface area contributed by atoms with Gasteiger partial charge in [-0.25, -0.2) is 0 Å². The van der Waals surface area contributed by atoms with Crippen molar-refractivity contribution in [1.29, 1.82) is 0 Å². The number of thiophene rings is 1. The number of benzene rings is 1. The molecule has 0 amide bonds. The average molecular weight is 514 g/mol. The Morgan fingerprint density at radius 2 is 2.07 bits per heavy atom. The van der Waals surface area contributed by atoms with Crippen LogP contribution in [0, 0.1) is 0 Å². The normalized spacial score (nSPS) is 16.5. The van der Waals surface area contributed by atoms with E-state index in [2.05, 4.69) is 32.0 Å². The second kappa shape index (κ2) is 10.3. The Labute approximate surface area is 187 Å². The first-order chi connectivity index (χ1) is 13.3. The minimum absolute atomic E-state index is 0. The third-order valence-electron chi connectivity index (χ3n) is 4.84. The average Bonchev–Trinajstić information content (AvgIpc) is 3.03. The number of hydrogen-bond acceptors (Lipinski definition) is 5. The van der Waals surface area contributed by atoms with E-state index in [0.29, 0.717) is 13.2 Å². The summed E-state index contributed by atoms with van der Waals surface area (Å²) in [5.74, 6) is 2.35. The number of fused-ring (bicyclic) bond motifs is 2. The molecule has 0 atom stereocenters. The Kier molecular flexibility index (Phi) is 7.81. The van der Waals surface area contributed by atoms with Gasteiger partial charge in [0.05, 0.1) is 13.2 Å². The molecule has 2 aliphatic heterocycles. The van der Waals surface area contributed by atoms with Crippen LogP contribution in [0.2, 0.25) is 0 Å². The first-order valence-corrected chi connectivity index (χ1v) is 10.3. The number of nitrogens with one attached hydrogen (secondary N) is 2. The van der Waals surface area contributed by atoms with Crippen LogP contribution in [-0.4, -0.2) is 50.8 Å². The van der Waals surface area contributed by atoms with Crippen LogP contribution in [0.25, 0.3) is 0 Å². The highest BCUT2D eigenvalue weighted by atomic mass is 127. The summed E-state index contributed by atoms with van der Waals surface area (Å²) in [6.07, 6.45) is 2.07. The van der Waals surface area contributed by atoms with Crippen molar-refractivity contribution >= 4 is 47.0 Å². The van der Waals surface area contributed by atoms with Crippen LogP contribution in [0.4, 0.5) is 5.69 Å². The molecule has 0 bridgehead atoms. The van der Waals surface area contributed by atoms with E-state index in [1.807, 2.05) is 29.5 Å². The minimum Gasteiger partial charge on any atom is -0.490 e. The molecule has 4 rings (SSSR count). The summed E-state index contributed by atoms with van der Waals surface area (Å²) < 4.78 is 11.4. The number of aliphatic imine (C=N–C) groups is 1. The number of rotatable bonds is 4. The molecule has 0 radical (unpaired) electrons. The molecule has 3 heterocycles. The zero-order valence-corrected chi connectivity index (χ0v) is 19.2. The Morgan fingerprint density at radius 1 is 1.21 bits per heavy atom. The van der Waals surface area contributed by atoms with E-state index in [4.69, 9.17) is 9.47 Å². The Hall–Kier alpha value is -1.52. The molecule has 2 N–H and O–H groups in total. The quantitative estimate of drug-likeness (QED) is 0.371. The van der Waals surface area contributed by atoms with Crippen LogP contribution in [0.1, 0.15) is 16.9 Å². The van der Waals surface area contributed by atoms with Gasteiger partial charge in [-0.2, -0.15) is 0 Å². The van der Waals surface area contributed by atoms with Crippen LogP contribution in [0.5, 0.6) is 11.5 Å². The maximum atomic E-state index is 5.76. The first-order valence-electron chi connectivity index (χ1n) is 9.47. The molecule has 0 saturated carbocycles. The fourth-order valence-corrected chi connectivity index (χ4v) is 4.28. The molecule has 1 aromatic heterocycles. The number of ether oxygens (including phenoxy) is 2. The van der Waals surface area contributed by atoms with Gasteiger partial charge < -0.3 is 20.1 Å². The van der Waals surface area contributed by atoms with Gasteiger partial charge in [-0.15, -0.1) is 35.3 Å². The van der Waals surface area contributed by atoms with Gasteiger partial charge in [0.1, 0.15) is 0 Å². The summed E-state index contributed by atoms with van der Waals surface area (Å²) in [5.41, 5.74) is 2.43. The standard InChI is InChI=1S/C20H26N4O2S.HI/c1-21-20(22-7-9-24-8-5-19-15(14-24)6-12-27-19)23-16-3-4-17-18(13-16)26-11-2-10-25-17;/h3-4,6,12-13H,2,5,7-11,14H2,1H3,(H2,21,22,23);1H. The molecule has 0 fully saturated rings. The van der Waals surface area contributed by atoms with Gasteiger partial charge in [0.25, 0.3) is 0 Å². The predicted octanol–water partition coefficient (Wildman–Crippen LogP) is 3.57. The molecule has 1 aromatic carbocycles. The fraction of sp³-hybridized carbons (Fsp3) is 0.450. The number of nitrogens with zero attached hydrogens (tertiary/aromatic N) is 2. The fourth-order valence-electron chi connectivity index (χ4n) is 3.39. The highest BCUT2D eigenvalue weighted by molar-refractivity contribution is 14.0. The molecule has 2 aromatic rings. The Morgan fingerprint density at radius 3 is 2.93 bits per heavy atom. The van der Waals surface area contributed by atoms with Crippen LogP contribution < -0.4 is 20.1 Å². The number of halogens is 1. The number of anilines is 1. The van der Waals surface area contributed by atoms with Crippen molar-refractivity contribution in [3.63, 3.8) is 0 Å². The third kappa shape index (κ3) is 5.30. The second-order valence-electron chi connectivity index (χ2n) is 6.73. The molecular formula is C20H27IN4O2S. The molecule has 0 saturated heterocycles. The Balaban J connectivity index is 0.00000225. The Bertz CT molecular complexity index is 811. The highest BCUT2D eigenvalue weighted by Crippen LogP contribution is 2.32. The summed E-state index contributed by atoms with van der Waals surface area (Å²) in [6.45, 7) is 5.41. The van der Waals surface area contributed by atoms with Crippen molar-refractivity contribution in [2.45, 2.75) is 19.4 Å². The van der Waals surface area contributed by atoms with Crippen LogP contribution in [0.3, 0.4) is 0 Å². The summed E-state index contributed by atoms with van der Waals surface area (Å²) in [7, 11) is 1.79. The largest absolute Gasteiger partial charge is 0.490 e. The molecule has 0 unspecified atom stereocenters. The summed E-state index contributed by atoms with van der Waals surface area (Å²) in [4.78, 5) is 8.37. The van der Waals surface area contributed by atoms with Crippen molar-refractivity contribution in [2.24, 2.45) is 4.99 Å². The monoisotopic (exact) mass is 514 g/mol. The molecule has 152 valence electrons. The van der Waals surface area contributed by atoms with Gasteiger partial charge in [0, 0.05) is 56.3 Å². The van der Waals surface area contributed by atoms with Gasteiger partial charge in [0.2, 0.25) is 0 Å². The van der Waals surface area contributed by atoms with Gasteiger partial charge in [0.15, 0.2) is 17.5 Å². The topological polar surface area (TPSA) is 58.1 Å². The van der Waals surface area contributed by atoms with Gasteiger partial charge in [-0.05, 0) is 35.6 Å². The van der Waals surface area contributed by atoms with E-state index < -0.39 is 0 Å². The van der Waals surface area contributed by atoms with E-state index in [-0.39, 0.29) is 24.0 Å². The molecule has 0 spiro atoms. The lowest BCUT2D eigenvalue weighted by molar-refractivity contribution is 0.260. The van der Waals surface area contributed by atoms with Crippen LogP contribution in [-0.2, 0) is 13.0 Å². The van der Waals surface area contributed by atoms with Crippen molar-refractivity contribution < 1.29 is 9.47 Å². The first kappa shape index (κ1) is 21.2. The van der Waals surface area contributed by atoms with Crippen molar-refractivity contribution in [2.75, 3.05) is 45.2 Å².